The average molecular weight is 339 g/mol. The lowest BCUT2D eigenvalue weighted by molar-refractivity contribution is -0.384. The van der Waals surface area contributed by atoms with Crippen LogP contribution in [-0.2, 0) is 11.0 Å². The molecule has 0 unspecified atom stereocenters. The van der Waals surface area contributed by atoms with Gasteiger partial charge in [0.15, 0.2) is 0 Å². The Morgan fingerprint density at radius 2 is 1.75 bits per heavy atom. The van der Waals surface area contributed by atoms with Crippen LogP contribution in [0.2, 0.25) is 0 Å². The predicted molar refractivity (Wildman–Crippen MR) is 81.7 cm³/mol. The van der Waals surface area contributed by atoms with Crippen LogP contribution < -0.4 is 10.6 Å². The molecule has 0 atom stereocenters. The largest absolute Gasteiger partial charge is 0.416 e. The van der Waals surface area contributed by atoms with Gasteiger partial charge in [0, 0.05) is 23.5 Å². The van der Waals surface area contributed by atoms with Gasteiger partial charge in [0.25, 0.3) is 5.69 Å². The minimum atomic E-state index is -4.44. The number of nitrogens with one attached hydrogen (secondary N) is 2. The maximum absolute atomic E-state index is 12.4. The van der Waals surface area contributed by atoms with Crippen LogP contribution in [0.3, 0.4) is 0 Å². The quantitative estimate of drug-likeness (QED) is 0.643. The molecule has 0 radical (unpaired) electrons. The Bertz CT molecular complexity index is 746. The van der Waals surface area contributed by atoms with Gasteiger partial charge in [-0.05, 0) is 30.3 Å². The highest BCUT2D eigenvalue weighted by atomic mass is 19.4. The molecule has 0 aliphatic carbocycles. The molecule has 6 nitrogen and oxygen atoms in total. The SMILES string of the molecule is O=C(CNc1cccc([N+](=O)[O-])c1)Nc1ccc(C(F)(F)F)cc1. The van der Waals surface area contributed by atoms with E-state index in [9.17, 15) is 28.1 Å². The predicted octanol–water partition coefficient (Wildman–Crippen LogP) is 3.66. The van der Waals surface area contributed by atoms with Gasteiger partial charge in [-0.25, -0.2) is 0 Å². The van der Waals surface area contributed by atoms with Crippen molar-refractivity contribution in [2.75, 3.05) is 17.2 Å². The van der Waals surface area contributed by atoms with E-state index in [2.05, 4.69) is 10.6 Å². The lowest BCUT2D eigenvalue weighted by Gasteiger charge is -2.10. The summed E-state index contributed by atoms with van der Waals surface area (Å²) < 4.78 is 37.3. The maximum atomic E-state index is 12.4. The number of rotatable bonds is 5. The van der Waals surface area contributed by atoms with Crippen molar-refractivity contribution < 1.29 is 22.9 Å². The van der Waals surface area contributed by atoms with Gasteiger partial charge in [-0.3, -0.25) is 14.9 Å². The molecule has 0 saturated heterocycles. The van der Waals surface area contributed by atoms with Gasteiger partial charge in [-0.15, -0.1) is 0 Å². The molecule has 0 bridgehead atoms. The fraction of sp³-hybridized carbons (Fsp3) is 0.133. The Morgan fingerprint density at radius 3 is 2.33 bits per heavy atom. The molecule has 0 aliphatic heterocycles. The Labute approximate surface area is 134 Å². The first-order valence-corrected chi connectivity index (χ1v) is 6.71. The molecule has 0 spiro atoms. The van der Waals surface area contributed by atoms with E-state index in [0.29, 0.717) is 5.69 Å². The average Bonchev–Trinajstić information content (AvgIpc) is 2.53. The van der Waals surface area contributed by atoms with Crippen LogP contribution in [0.1, 0.15) is 5.56 Å². The van der Waals surface area contributed by atoms with E-state index in [1.165, 1.54) is 18.2 Å². The summed E-state index contributed by atoms with van der Waals surface area (Å²) in [5, 5.41) is 15.8. The van der Waals surface area contributed by atoms with Gasteiger partial charge in [0.1, 0.15) is 0 Å². The third-order valence-electron chi connectivity index (χ3n) is 3.01. The standard InChI is InChI=1S/C15H12F3N3O3/c16-15(17,18)10-4-6-11(7-5-10)20-14(22)9-19-12-2-1-3-13(8-12)21(23)24/h1-8,19H,9H2,(H,20,22). The summed E-state index contributed by atoms with van der Waals surface area (Å²) in [5.41, 5.74) is -0.334. The second-order valence-corrected chi connectivity index (χ2v) is 4.78. The van der Waals surface area contributed by atoms with Crippen LogP contribution in [0.4, 0.5) is 30.2 Å². The Morgan fingerprint density at radius 1 is 1.08 bits per heavy atom. The van der Waals surface area contributed by atoms with Crippen molar-refractivity contribution in [3.8, 4) is 0 Å². The molecule has 0 aliphatic rings. The number of halogens is 3. The smallest absolute Gasteiger partial charge is 0.376 e. The summed E-state index contributed by atoms with van der Waals surface area (Å²) >= 11 is 0. The molecule has 0 saturated carbocycles. The highest BCUT2D eigenvalue weighted by Crippen LogP contribution is 2.29. The Hall–Kier alpha value is -3.10. The van der Waals surface area contributed by atoms with Crippen molar-refractivity contribution in [2.24, 2.45) is 0 Å². The van der Waals surface area contributed by atoms with E-state index in [1.54, 1.807) is 6.07 Å². The van der Waals surface area contributed by atoms with Crippen LogP contribution in [-0.4, -0.2) is 17.4 Å². The number of alkyl halides is 3. The summed E-state index contributed by atoms with van der Waals surface area (Å²) in [4.78, 5) is 21.8. The maximum Gasteiger partial charge on any atom is 0.416 e. The number of hydrogen-bond donors (Lipinski definition) is 2. The summed E-state index contributed by atoms with van der Waals surface area (Å²) in [6.45, 7) is -0.192. The first kappa shape index (κ1) is 17.3. The van der Waals surface area contributed by atoms with E-state index in [0.717, 1.165) is 24.3 Å². The first-order valence-electron chi connectivity index (χ1n) is 6.71. The zero-order valence-corrected chi connectivity index (χ0v) is 12.1. The van der Waals surface area contributed by atoms with E-state index in [-0.39, 0.29) is 17.9 Å². The van der Waals surface area contributed by atoms with Crippen LogP contribution in [0, 0.1) is 10.1 Å². The van der Waals surface area contributed by atoms with Crippen LogP contribution in [0.5, 0.6) is 0 Å². The third kappa shape index (κ3) is 4.70. The minimum Gasteiger partial charge on any atom is -0.376 e. The fourth-order valence-electron chi connectivity index (χ4n) is 1.86. The highest BCUT2D eigenvalue weighted by molar-refractivity contribution is 5.93. The van der Waals surface area contributed by atoms with Crippen LogP contribution in [0.25, 0.3) is 0 Å². The lowest BCUT2D eigenvalue weighted by Crippen LogP contribution is -2.21. The summed E-state index contributed by atoms with van der Waals surface area (Å²) in [5.74, 6) is -0.499. The number of hydrogen-bond acceptors (Lipinski definition) is 4. The van der Waals surface area contributed by atoms with E-state index >= 15 is 0 Å². The molecule has 2 aromatic carbocycles. The molecule has 0 heterocycles. The number of benzene rings is 2. The number of anilines is 2. The Kier molecular flexibility index (Phi) is 5.02. The summed E-state index contributed by atoms with van der Waals surface area (Å²) in [6, 6.07) is 9.63. The fourth-order valence-corrected chi connectivity index (χ4v) is 1.86. The zero-order valence-electron chi connectivity index (χ0n) is 12.1. The molecule has 9 heteroatoms. The van der Waals surface area contributed by atoms with Gasteiger partial charge in [-0.2, -0.15) is 13.2 Å². The van der Waals surface area contributed by atoms with Gasteiger partial charge < -0.3 is 10.6 Å². The molecule has 2 rings (SSSR count). The number of carbonyl (C=O) groups is 1. The molecule has 24 heavy (non-hydrogen) atoms. The normalized spacial score (nSPS) is 11.0. The molecule has 0 aromatic heterocycles. The van der Waals surface area contributed by atoms with E-state index < -0.39 is 22.6 Å². The second-order valence-electron chi connectivity index (χ2n) is 4.78. The second kappa shape index (κ2) is 6.99. The highest BCUT2D eigenvalue weighted by Gasteiger charge is 2.29. The van der Waals surface area contributed by atoms with Gasteiger partial charge in [0.05, 0.1) is 17.0 Å². The first-order chi connectivity index (χ1) is 11.3. The Balaban J connectivity index is 1.92. The topological polar surface area (TPSA) is 84.3 Å². The van der Waals surface area contributed by atoms with Crippen molar-refractivity contribution in [1.29, 1.82) is 0 Å². The zero-order chi connectivity index (χ0) is 17.7. The van der Waals surface area contributed by atoms with Crippen molar-refractivity contribution in [1.82, 2.24) is 0 Å². The third-order valence-corrected chi connectivity index (χ3v) is 3.01. The molecule has 2 aromatic rings. The monoisotopic (exact) mass is 339 g/mol. The number of nitrogens with zero attached hydrogens (tertiary/aromatic N) is 1. The number of nitro groups is 1. The van der Waals surface area contributed by atoms with E-state index in [1.807, 2.05) is 0 Å². The summed E-state index contributed by atoms with van der Waals surface area (Å²) in [7, 11) is 0. The molecule has 0 fully saturated rings. The molecule has 2 N–H and O–H groups in total. The molecular weight excluding hydrogens is 327 g/mol. The molecular formula is C15H12F3N3O3. The van der Waals surface area contributed by atoms with Crippen LogP contribution >= 0.6 is 0 Å². The van der Waals surface area contributed by atoms with Crippen molar-refractivity contribution in [3.63, 3.8) is 0 Å². The van der Waals surface area contributed by atoms with Crippen molar-refractivity contribution >= 4 is 23.0 Å². The number of nitro benzene ring substituents is 1. The van der Waals surface area contributed by atoms with E-state index in [4.69, 9.17) is 0 Å². The molecule has 1 amide bonds. The minimum absolute atomic E-state index is 0.122. The van der Waals surface area contributed by atoms with Crippen molar-refractivity contribution in [2.45, 2.75) is 6.18 Å². The van der Waals surface area contributed by atoms with Gasteiger partial charge >= 0.3 is 6.18 Å². The van der Waals surface area contributed by atoms with Gasteiger partial charge in [0.2, 0.25) is 5.91 Å². The van der Waals surface area contributed by atoms with Gasteiger partial charge in [-0.1, -0.05) is 6.07 Å². The number of non-ortho nitro benzene ring substituents is 1. The van der Waals surface area contributed by atoms with Crippen molar-refractivity contribution in [3.05, 3.63) is 64.2 Å². The van der Waals surface area contributed by atoms with Crippen LogP contribution in [0.15, 0.2) is 48.5 Å². The summed E-state index contributed by atoms with van der Waals surface area (Å²) in [6.07, 6.45) is -4.44. The lowest BCUT2D eigenvalue weighted by atomic mass is 10.2. The number of carbonyl (C=O) groups excluding carboxylic acids is 1. The number of amides is 1. The molecule has 126 valence electrons.